The molecule has 0 aliphatic carbocycles. The molecule has 0 fully saturated rings. The number of hydrogen-bond donors (Lipinski definition) is 4. The quantitative estimate of drug-likeness (QED) is 0.518. The van der Waals surface area contributed by atoms with Crippen molar-refractivity contribution in [3.8, 4) is 11.5 Å². The topological polar surface area (TPSA) is 142 Å². The van der Waals surface area contributed by atoms with Crippen molar-refractivity contribution in [2.45, 2.75) is 38.1 Å². The minimum Gasteiger partial charge on any atom is -0.507 e. The van der Waals surface area contributed by atoms with Gasteiger partial charge in [0.2, 0.25) is 5.91 Å². The van der Waals surface area contributed by atoms with Gasteiger partial charge in [0, 0.05) is 18.6 Å². The van der Waals surface area contributed by atoms with Crippen molar-refractivity contribution in [2.24, 2.45) is 0 Å². The van der Waals surface area contributed by atoms with E-state index in [1.807, 2.05) is 0 Å². The second kappa shape index (κ2) is 8.65. The van der Waals surface area contributed by atoms with Crippen molar-refractivity contribution in [3.63, 3.8) is 0 Å². The molecule has 1 aliphatic rings. The van der Waals surface area contributed by atoms with Crippen LogP contribution < -0.4 is 10.1 Å². The zero-order valence-corrected chi connectivity index (χ0v) is 14.8. The number of esters is 1. The lowest BCUT2D eigenvalue weighted by atomic mass is 10.0. The Morgan fingerprint density at radius 3 is 2.59 bits per heavy atom. The molecular weight excluding hydrogens is 358 g/mol. The van der Waals surface area contributed by atoms with E-state index in [0.717, 1.165) is 6.08 Å². The van der Waals surface area contributed by atoms with E-state index in [-0.39, 0.29) is 23.4 Å². The van der Waals surface area contributed by atoms with Crippen LogP contribution in [0.2, 0.25) is 0 Å². The SMILES string of the molecule is COc1cc(O)c2c(c1)NC(=O)C[C@H](O)[C@H](O)C(=O)/C=C/C[C@H](C)OC2=O. The summed E-state index contributed by atoms with van der Waals surface area (Å²) >= 11 is 0. The molecule has 9 heteroatoms. The van der Waals surface area contributed by atoms with Crippen LogP contribution in [-0.2, 0) is 14.3 Å². The second-order valence-corrected chi connectivity index (χ2v) is 6.09. The van der Waals surface area contributed by atoms with Crippen molar-refractivity contribution < 1.29 is 39.2 Å². The van der Waals surface area contributed by atoms with E-state index in [1.54, 1.807) is 6.92 Å². The smallest absolute Gasteiger partial charge is 0.344 e. The summed E-state index contributed by atoms with van der Waals surface area (Å²) in [6.07, 6.45) is -2.07. The number of amides is 1. The number of ketones is 1. The Balaban J connectivity index is 2.45. The number of cyclic esters (lactones) is 1. The average Bonchev–Trinajstić information content (AvgIpc) is 2.59. The first-order chi connectivity index (χ1) is 12.7. The summed E-state index contributed by atoms with van der Waals surface area (Å²) in [5.41, 5.74) is -0.363. The maximum Gasteiger partial charge on any atom is 0.344 e. The van der Waals surface area contributed by atoms with E-state index in [9.17, 15) is 29.7 Å². The van der Waals surface area contributed by atoms with E-state index in [0.29, 0.717) is 0 Å². The number of benzene rings is 1. The molecule has 1 heterocycles. The molecule has 1 amide bonds. The number of nitrogens with one attached hydrogen (secondary N) is 1. The lowest BCUT2D eigenvalue weighted by molar-refractivity contribution is -0.130. The average molecular weight is 379 g/mol. The fraction of sp³-hybridized carbons (Fsp3) is 0.389. The number of anilines is 1. The monoisotopic (exact) mass is 379 g/mol. The number of ether oxygens (including phenoxy) is 2. The molecule has 1 aliphatic heterocycles. The summed E-state index contributed by atoms with van der Waals surface area (Å²) in [4.78, 5) is 36.4. The van der Waals surface area contributed by atoms with Crippen LogP contribution in [0.5, 0.6) is 11.5 Å². The molecule has 3 atom stereocenters. The summed E-state index contributed by atoms with van der Waals surface area (Å²) in [5, 5.41) is 32.3. The summed E-state index contributed by atoms with van der Waals surface area (Å²) in [6.45, 7) is 1.57. The van der Waals surface area contributed by atoms with Gasteiger partial charge in [-0.1, -0.05) is 6.08 Å². The third-order valence-corrected chi connectivity index (χ3v) is 3.91. The molecule has 0 aromatic heterocycles. The molecule has 0 radical (unpaired) electrons. The molecule has 4 N–H and O–H groups in total. The molecule has 146 valence electrons. The van der Waals surface area contributed by atoms with Gasteiger partial charge in [-0.25, -0.2) is 4.79 Å². The number of carbonyl (C=O) groups is 3. The molecule has 2 rings (SSSR count). The Hall–Kier alpha value is -2.91. The molecule has 0 unspecified atom stereocenters. The van der Waals surface area contributed by atoms with Gasteiger partial charge in [0.05, 0.1) is 25.3 Å². The first kappa shape index (κ1) is 20.4. The van der Waals surface area contributed by atoms with Crippen molar-refractivity contribution in [3.05, 3.63) is 29.8 Å². The maximum absolute atomic E-state index is 12.4. The van der Waals surface area contributed by atoms with Crippen LogP contribution in [0.15, 0.2) is 24.3 Å². The Labute approximate surface area is 155 Å². The van der Waals surface area contributed by atoms with Crippen LogP contribution in [-0.4, -0.2) is 58.4 Å². The van der Waals surface area contributed by atoms with Gasteiger partial charge in [0.1, 0.15) is 29.3 Å². The Bertz CT molecular complexity index is 773. The fourth-order valence-electron chi connectivity index (χ4n) is 2.49. The number of phenolic OH excluding ortho intramolecular Hbond substituents is 1. The number of rotatable bonds is 1. The number of methoxy groups -OCH3 is 1. The Morgan fingerprint density at radius 2 is 1.93 bits per heavy atom. The van der Waals surface area contributed by atoms with Gasteiger partial charge in [0.15, 0.2) is 5.78 Å². The number of carbonyl (C=O) groups excluding carboxylic acids is 3. The van der Waals surface area contributed by atoms with Crippen LogP contribution in [0.4, 0.5) is 5.69 Å². The lowest BCUT2D eigenvalue weighted by Gasteiger charge is -2.19. The zero-order valence-electron chi connectivity index (χ0n) is 14.8. The van der Waals surface area contributed by atoms with Gasteiger partial charge in [-0.05, 0) is 13.0 Å². The standard InChI is InChI=1S/C18H21NO8/c1-9-4-3-5-12(20)17(24)14(22)8-15(23)19-11-6-10(26-2)7-13(21)16(11)18(25)27-9/h3,5-7,9,14,17,21-22,24H,4,8H2,1-2H3,(H,19,23)/b5-3+/t9-,14-,17+/m0/s1. The highest BCUT2D eigenvalue weighted by Gasteiger charge is 2.27. The highest BCUT2D eigenvalue weighted by molar-refractivity contribution is 6.04. The number of fused-ring (bicyclic) bond motifs is 1. The minimum absolute atomic E-state index is 0.0883. The summed E-state index contributed by atoms with van der Waals surface area (Å²) in [6, 6.07) is 2.50. The van der Waals surface area contributed by atoms with E-state index < -0.39 is 48.1 Å². The lowest BCUT2D eigenvalue weighted by Crippen LogP contribution is -2.36. The minimum atomic E-state index is -1.77. The number of hydrogen-bond acceptors (Lipinski definition) is 8. The van der Waals surface area contributed by atoms with Crippen LogP contribution >= 0.6 is 0 Å². The Morgan fingerprint density at radius 1 is 1.22 bits per heavy atom. The first-order valence-electron chi connectivity index (χ1n) is 8.21. The summed E-state index contributed by atoms with van der Waals surface area (Å²) in [7, 11) is 1.34. The van der Waals surface area contributed by atoms with E-state index >= 15 is 0 Å². The van der Waals surface area contributed by atoms with Gasteiger partial charge in [-0.15, -0.1) is 0 Å². The number of aliphatic hydroxyl groups excluding tert-OH is 2. The molecule has 0 spiro atoms. The van der Waals surface area contributed by atoms with Crippen molar-refractivity contribution in [2.75, 3.05) is 12.4 Å². The molecule has 0 saturated carbocycles. The van der Waals surface area contributed by atoms with Crippen LogP contribution in [0.25, 0.3) is 0 Å². The highest BCUT2D eigenvalue weighted by Crippen LogP contribution is 2.33. The van der Waals surface area contributed by atoms with Gasteiger partial charge < -0.3 is 30.1 Å². The van der Waals surface area contributed by atoms with Gasteiger partial charge >= 0.3 is 5.97 Å². The highest BCUT2D eigenvalue weighted by atomic mass is 16.5. The normalized spacial score (nSPS) is 25.6. The summed E-state index contributed by atoms with van der Waals surface area (Å²) in [5.74, 6) is -2.72. The van der Waals surface area contributed by atoms with E-state index in [2.05, 4.69) is 5.32 Å². The number of aliphatic hydroxyl groups is 2. The molecular formula is C18H21NO8. The third kappa shape index (κ3) is 5.05. The maximum atomic E-state index is 12.4. The van der Waals surface area contributed by atoms with Gasteiger partial charge in [-0.2, -0.15) is 0 Å². The van der Waals surface area contributed by atoms with Crippen LogP contribution in [0, 0.1) is 0 Å². The van der Waals surface area contributed by atoms with E-state index in [1.165, 1.54) is 25.3 Å². The predicted octanol–water partition coefficient (Wildman–Crippen LogP) is 0.525. The Kier molecular flexibility index (Phi) is 6.54. The zero-order chi connectivity index (χ0) is 20.1. The molecule has 1 aromatic rings. The van der Waals surface area contributed by atoms with Crippen LogP contribution in [0.3, 0.4) is 0 Å². The van der Waals surface area contributed by atoms with Crippen molar-refractivity contribution in [1.82, 2.24) is 0 Å². The third-order valence-electron chi connectivity index (χ3n) is 3.91. The molecule has 0 saturated heterocycles. The largest absolute Gasteiger partial charge is 0.507 e. The number of phenols is 1. The van der Waals surface area contributed by atoms with Crippen LogP contribution in [0.1, 0.15) is 30.1 Å². The first-order valence-corrected chi connectivity index (χ1v) is 8.21. The summed E-state index contributed by atoms with van der Waals surface area (Å²) < 4.78 is 10.2. The molecule has 27 heavy (non-hydrogen) atoms. The fourth-order valence-corrected chi connectivity index (χ4v) is 2.49. The molecule has 9 nitrogen and oxygen atoms in total. The van der Waals surface area contributed by atoms with Crippen molar-refractivity contribution >= 4 is 23.3 Å². The van der Waals surface area contributed by atoms with Crippen molar-refractivity contribution in [1.29, 1.82) is 0 Å². The van der Waals surface area contributed by atoms with E-state index in [4.69, 9.17) is 9.47 Å². The van der Waals surface area contributed by atoms with Gasteiger partial charge in [-0.3, -0.25) is 9.59 Å². The predicted molar refractivity (Wildman–Crippen MR) is 93.6 cm³/mol. The second-order valence-electron chi connectivity index (χ2n) is 6.09. The molecule has 1 aromatic carbocycles. The molecule has 0 bridgehead atoms. The van der Waals surface area contributed by atoms with Gasteiger partial charge in [0.25, 0.3) is 0 Å². The number of aromatic hydroxyl groups is 1.